The lowest BCUT2D eigenvalue weighted by Gasteiger charge is -2.16. The van der Waals surface area contributed by atoms with E-state index in [1.165, 1.54) is 6.07 Å². The van der Waals surface area contributed by atoms with Crippen LogP contribution in [-0.4, -0.2) is 28.3 Å². The lowest BCUT2D eigenvalue weighted by molar-refractivity contribution is -0.142. The molecule has 0 saturated carbocycles. The van der Waals surface area contributed by atoms with Crippen LogP contribution < -0.4 is 16.6 Å². The molecule has 0 aliphatic heterocycles. The van der Waals surface area contributed by atoms with Crippen LogP contribution in [0, 0.1) is 0 Å². The minimum atomic E-state index is -0.686. The first kappa shape index (κ1) is 14.6. The highest BCUT2D eigenvalue weighted by Crippen LogP contribution is 2.16. The van der Waals surface area contributed by atoms with Gasteiger partial charge in [0, 0.05) is 19.3 Å². The number of aromatic amines is 1. The molecule has 8 heteroatoms. The molecule has 0 radical (unpaired) electrons. The zero-order valence-electron chi connectivity index (χ0n) is 10.2. The van der Waals surface area contributed by atoms with Crippen molar-refractivity contribution in [2.45, 2.75) is 20.1 Å². The summed E-state index contributed by atoms with van der Waals surface area (Å²) >= 11 is 4.67. The van der Waals surface area contributed by atoms with Gasteiger partial charge in [-0.05, 0) is 26.1 Å². The monoisotopic (exact) mass is 272 g/mol. The molecule has 100 valence electrons. The van der Waals surface area contributed by atoms with Gasteiger partial charge in [-0.2, -0.15) is 0 Å². The van der Waals surface area contributed by atoms with Crippen molar-refractivity contribution in [3.8, 4) is 0 Å². The minimum absolute atomic E-state index is 0.0136. The lowest BCUT2D eigenvalue weighted by atomic mass is 10.4. The van der Waals surface area contributed by atoms with E-state index in [2.05, 4.69) is 27.5 Å². The Balaban J connectivity index is 3.01. The molecule has 0 spiro atoms. The molecule has 7 nitrogen and oxygen atoms in total. The first-order chi connectivity index (χ1) is 8.56. The van der Waals surface area contributed by atoms with Gasteiger partial charge in [0.25, 0.3) is 5.56 Å². The van der Waals surface area contributed by atoms with E-state index in [4.69, 9.17) is 15.2 Å². The van der Waals surface area contributed by atoms with Gasteiger partial charge in [-0.25, -0.2) is 4.98 Å². The Morgan fingerprint density at radius 1 is 1.56 bits per heavy atom. The lowest BCUT2D eigenvalue weighted by Crippen LogP contribution is -2.24. The Hall–Kier alpha value is -1.51. The van der Waals surface area contributed by atoms with Gasteiger partial charge in [-0.1, -0.05) is 0 Å². The van der Waals surface area contributed by atoms with E-state index in [0.717, 1.165) is 0 Å². The topological polar surface area (TPSA) is 102 Å². The van der Waals surface area contributed by atoms with Crippen molar-refractivity contribution < 1.29 is 9.47 Å². The number of thiocarbonyl (C=S) groups is 1. The van der Waals surface area contributed by atoms with E-state index >= 15 is 0 Å². The maximum Gasteiger partial charge on any atom is 0.252 e. The zero-order chi connectivity index (χ0) is 13.5. The number of H-pyrrole nitrogens is 1. The number of rotatable bonds is 6. The average Bonchev–Trinajstić information content (AvgIpc) is 2.27. The number of hydrogen-bond donors (Lipinski definition) is 3. The fourth-order valence-corrected chi connectivity index (χ4v) is 1.39. The van der Waals surface area contributed by atoms with Gasteiger partial charge in [-0.15, -0.1) is 0 Å². The Morgan fingerprint density at radius 2 is 2.17 bits per heavy atom. The number of nitrogens with one attached hydrogen (secondary N) is 2. The predicted octanol–water partition coefficient (Wildman–Crippen LogP) is 0.497. The third-order valence-corrected chi connectivity index (χ3v) is 1.98. The van der Waals surface area contributed by atoms with Crippen LogP contribution in [0.15, 0.2) is 10.9 Å². The van der Waals surface area contributed by atoms with Gasteiger partial charge in [-0.3, -0.25) is 9.78 Å². The van der Waals surface area contributed by atoms with Gasteiger partial charge < -0.3 is 20.5 Å². The van der Waals surface area contributed by atoms with E-state index in [-0.39, 0.29) is 16.6 Å². The molecule has 0 aliphatic rings. The van der Waals surface area contributed by atoms with Crippen LogP contribution in [0.25, 0.3) is 0 Å². The van der Waals surface area contributed by atoms with Crippen molar-refractivity contribution in [1.29, 1.82) is 0 Å². The first-order valence-electron chi connectivity index (χ1n) is 5.47. The maximum atomic E-state index is 11.5. The summed E-state index contributed by atoms with van der Waals surface area (Å²) in [6, 6.07) is 1.31. The summed E-state index contributed by atoms with van der Waals surface area (Å²) in [4.78, 5) is 18.1. The third kappa shape index (κ3) is 4.40. The minimum Gasteiger partial charge on any atom is -0.376 e. The summed E-state index contributed by atoms with van der Waals surface area (Å²) < 4.78 is 10.7. The second-order valence-corrected chi connectivity index (χ2v) is 3.69. The molecular weight excluding hydrogens is 256 g/mol. The first-order valence-corrected chi connectivity index (χ1v) is 5.88. The molecular formula is C10H16N4O3S. The van der Waals surface area contributed by atoms with Gasteiger partial charge in [0.2, 0.25) is 12.2 Å². The predicted molar refractivity (Wildman–Crippen MR) is 71.3 cm³/mol. The molecule has 1 heterocycles. The average molecular weight is 272 g/mol. The number of anilines is 1. The van der Waals surface area contributed by atoms with Crippen LogP contribution in [0.1, 0.15) is 25.8 Å². The molecule has 1 rings (SSSR count). The molecule has 0 atom stereocenters. The standard InChI is InChI=1S/C10H16N4O3S/c1-3-16-8(17-4-2)6-5-7(15)13-10(12-6)14-9(11)18/h5,8H,3-4H2,1-2H3,(H4,11,12,13,14,15,18). The Bertz CT molecular complexity index is 457. The number of hydrogen-bond acceptors (Lipinski definition) is 5. The molecule has 0 unspecified atom stereocenters. The fraction of sp³-hybridized carbons (Fsp3) is 0.500. The van der Waals surface area contributed by atoms with E-state index in [0.29, 0.717) is 18.9 Å². The zero-order valence-corrected chi connectivity index (χ0v) is 11.0. The third-order valence-electron chi connectivity index (χ3n) is 1.88. The summed E-state index contributed by atoms with van der Waals surface area (Å²) in [5, 5.41) is 2.57. The van der Waals surface area contributed by atoms with Gasteiger partial charge in [0.15, 0.2) is 5.11 Å². The molecule has 0 aromatic carbocycles. The van der Waals surface area contributed by atoms with E-state index < -0.39 is 6.29 Å². The largest absolute Gasteiger partial charge is 0.376 e. The van der Waals surface area contributed by atoms with Crippen LogP contribution >= 0.6 is 12.2 Å². The number of aromatic nitrogens is 2. The summed E-state index contributed by atoms with van der Waals surface area (Å²) in [5.41, 5.74) is 5.33. The SMILES string of the molecule is CCOC(OCC)c1cc(=O)[nH]c(NC(N)=S)n1. The normalized spacial score (nSPS) is 10.6. The van der Waals surface area contributed by atoms with E-state index in [1.54, 1.807) is 0 Å². The molecule has 0 amide bonds. The van der Waals surface area contributed by atoms with Crippen molar-refractivity contribution in [1.82, 2.24) is 9.97 Å². The van der Waals surface area contributed by atoms with Crippen LogP contribution in [0.3, 0.4) is 0 Å². The van der Waals surface area contributed by atoms with Crippen LogP contribution in [0.5, 0.6) is 0 Å². The second-order valence-electron chi connectivity index (χ2n) is 3.25. The second kappa shape index (κ2) is 7.04. The number of nitrogens with two attached hydrogens (primary N) is 1. The fourth-order valence-electron chi connectivity index (χ4n) is 1.29. The highest BCUT2D eigenvalue weighted by Gasteiger charge is 2.15. The summed E-state index contributed by atoms with van der Waals surface area (Å²) in [5.74, 6) is 0.161. The van der Waals surface area contributed by atoms with Crippen LogP contribution in [0.2, 0.25) is 0 Å². The van der Waals surface area contributed by atoms with Gasteiger partial charge in [0.1, 0.15) is 5.69 Å². The molecule has 1 aromatic rings. The Labute approximate surface area is 110 Å². The van der Waals surface area contributed by atoms with Crippen molar-refractivity contribution in [2.75, 3.05) is 18.5 Å². The van der Waals surface area contributed by atoms with Gasteiger partial charge in [0.05, 0.1) is 0 Å². The Morgan fingerprint density at radius 3 is 2.67 bits per heavy atom. The number of ether oxygens (including phenoxy) is 2. The summed E-state index contributed by atoms with van der Waals surface area (Å²) in [6.45, 7) is 4.54. The molecule has 18 heavy (non-hydrogen) atoms. The molecule has 0 bridgehead atoms. The summed E-state index contributed by atoms with van der Waals surface area (Å²) in [6.07, 6.45) is -0.686. The molecule has 4 N–H and O–H groups in total. The highest BCUT2D eigenvalue weighted by atomic mass is 32.1. The Kier molecular flexibility index (Phi) is 5.69. The summed E-state index contributed by atoms with van der Waals surface area (Å²) in [7, 11) is 0. The van der Waals surface area contributed by atoms with Crippen molar-refractivity contribution >= 4 is 23.3 Å². The van der Waals surface area contributed by atoms with Crippen LogP contribution in [-0.2, 0) is 9.47 Å². The smallest absolute Gasteiger partial charge is 0.252 e. The quantitative estimate of drug-likeness (QED) is 0.512. The van der Waals surface area contributed by atoms with E-state index in [9.17, 15) is 4.79 Å². The van der Waals surface area contributed by atoms with Gasteiger partial charge >= 0.3 is 0 Å². The molecule has 1 aromatic heterocycles. The number of nitrogens with zero attached hydrogens (tertiary/aromatic N) is 1. The highest BCUT2D eigenvalue weighted by molar-refractivity contribution is 7.80. The molecule has 0 fully saturated rings. The van der Waals surface area contributed by atoms with Crippen molar-refractivity contribution in [3.05, 3.63) is 22.1 Å². The van der Waals surface area contributed by atoms with Crippen molar-refractivity contribution in [3.63, 3.8) is 0 Å². The molecule has 0 aliphatic carbocycles. The van der Waals surface area contributed by atoms with Crippen molar-refractivity contribution in [2.24, 2.45) is 5.73 Å². The van der Waals surface area contributed by atoms with Crippen LogP contribution in [0.4, 0.5) is 5.95 Å². The van der Waals surface area contributed by atoms with E-state index in [1.807, 2.05) is 13.8 Å². The maximum absolute atomic E-state index is 11.5. The molecule has 0 saturated heterocycles.